The molecule has 1 aromatic rings. The number of ether oxygens (including phenoxy) is 1. The summed E-state index contributed by atoms with van der Waals surface area (Å²) in [7, 11) is 1.51. The van der Waals surface area contributed by atoms with Crippen molar-refractivity contribution in [3.05, 3.63) is 33.9 Å². The fourth-order valence-electron chi connectivity index (χ4n) is 1.91. The van der Waals surface area contributed by atoms with Crippen LogP contribution in [0.5, 0.6) is 0 Å². The van der Waals surface area contributed by atoms with Gasteiger partial charge >= 0.3 is 5.97 Å². The van der Waals surface area contributed by atoms with Crippen LogP contribution in [0, 0.1) is 10.1 Å². The van der Waals surface area contributed by atoms with E-state index in [4.69, 9.17) is 4.74 Å². The number of rotatable bonds is 8. The highest BCUT2D eigenvalue weighted by molar-refractivity contribution is 5.93. The van der Waals surface area contributed by atoms with Gasteiger partial charge < -0.3 is 20.7 Å². The average molecular weight is 352 g/mol. The molecule has 1 rings (SSSR count). The van der Waals surface area contributed by atoms with E-state index in [1.54, 1.807) is 6.92 Å². The van der Waals surface area contributed by atoms with E-state index in [2.05, 4.69) is 16.0 Å². The van der Waals surface area contributed by atoms with Crippen LogP contribution >= 0.6 is 0 Å². The summed E-state index contributed by atoms with van der Waals surface area (Å²) in [5, 5.41) is 18.5. The first kappa shape index (κ1) is 19.9. The van der Waals surface area contributed by atoms with Gasteiger partial charge in [-0.25, -0.2) is 4.79 Å². The van der Waals surface area contributed by atoms with Crippen LogP contribution in [0.3, 0.4) is 0 Å². The maximum absolute atomic E-state index is 11.9. The predicted octanol–water partition coefficient (Wildman–Crippen LogP) is 0.434. The third-order valence-electron chi connectivity index (χ3n) is 3.16. The van der Waals surface area contributed by atoms with Crippen molar-refractivity contribution in [2.45, 2.75) is 19.9 Å². The van der Waals surface area contributed by atoms with Crippen molar-refractivity contribution in [1.82, 2.24) is 10.6 Å². The van der Waals surface area contributed by atoms with Crippen LogP contribution in [0.4, 0.5) is 11.4 Å². The van der Waals surface area contributed by atoms with E-state index in [0.717, 1.165) is 6.07 Å². The maximum Gasteiger partial charge on any atom is 0.338 e. The monoisotopic (exact) mass is 352 g/mol. The number of nitro groups is 1. The molecule has 0 spiro atoms. The number of likely N-dealkylation sites (N-methyl/N-ethyl adjacent to an activating group) is 1. The minimum absolute atomic E-state index is 0.0599. The van der Waals surface area contributed by atoms with E-state index in [1.807, 2.05) is 0 Å². The van der Waals surface area contributed by atoms with Gasteiger partial charge in [-0.05, 0) is 26.0 Å². The van der Waals surface area contributed by atoms with Gasteiger partial charge in [-0.3, -0.25) is 19.7 Å². The Morgan fingerprint density at radius 2 is 2.00 bits per heavy atom. The second-order valence-electron chi connectivity index (χ2n) is 5.00. The molecule has 0 aliphatic carbocycles. The van der Waals surface area contributed by atoms with Crippen molar-refractivity contribution in [3.63, 3.8) is 0 Å². The summed E-state index contributed by atoms with van der Waals surface area (Å²) in [6, 6.07) is 2.99. The number of amides is 2. The molecule has 0 aliphatic rings. The Hall–Kier alpha value is -3.17. The lowest BCUT2D eigenvalue weighted by molar-refractivity contribution is -0.384. The van der Waals surface area contributed by atoms with Crippen molar-refractivity contribution in [2.24, 2.45) is 0 Å². The largest absolute Gasteiger partial charge is 0.452 e. The molecule has 10 heteroatoms. The van der Waals surface area contributed by atoms with Crippen LogP contribution in [0.15, 0.2) is 18.2 Å². The molecule has 136 valence electrons. The van der Waals surface area contributed by atoms with Gasteiger partial charge in [0.15, 0.2) is 6.61 Å². The lowest BCUT2D eigenvalue weighted by Crippen LogP contribution is -2.46. The van der Waals surface area contributed by atoms with E-state index >= 15 is 0 Å². The minimum atomic E-state index is -0.883. The molecular weight excluding hydrogens is 332 g/mol. The molecule has 0 aromatic heterocycles. The van der Waals surface area contributed by atoms with Gasteiger partial charge in [0.2, 0.25) is 5.91 Å². The summed E-state index contributed by atoms with van der Waals surface area (Å²) in [5.74, 6) is -1.90. The van der Waals surface area contributed by atoms with E-state index in [0.29, 0.717) is 6.54 Å². The number of esters is 1. The fourth-order valence-corrected chi connectivity index (χ4v) is 1.91. The van der Waals surface area contributed by atoms with E-state index in [9.17, 15) is 24.5 Å². The first-order chi connectivity index (χ1) is 11.8. The van der Waals surface area contributed by atoms with Crippen LogP contribution < -0.4 is 16.0 Å². The number of nitrogens with one attached hydrogen (secondary N) is 3. The van der Waals surface area contributed by atoms with Gasteiger partial charge in [-0.15, -0.1) is 0 Å². The molecule has 0 unspecified atom stereocenters. The maximum atomic E-state index is 11.9. The van der Waals surface area contributed by atoms with Crippen LogP contribution in [0.25, 0.3) is 0 Å². The summed E-state index contributed by atoms with van der Waals surface area (Å²) >= 11 is 0. The number of hydrogen-bond donors (Lipinski definition) is 3. The van der Waals surface area contributed by atoms with Crippen LogP contribution in [-0.4, -0.2) is 48.9 Å². The Balaban J connectivity index is 2.65. The Labute approximate surface area is 144 Å². The Bertz CT molecular complexity index is 676. The van der Waals surface area contributed by atoms with Crippen molar-refractivity contribution in [1.29, 1.82) is 0 Å². The Morgan fingerprint density at radius 1 is 1.32 bits per heavy atom. The van der Waals surface area contributed by atoms with Gasteiger partial charge in [0.1, 0.15) is 11.7 Å². The lowest BCUT2D eigenvalue weighted by Gasteiger charge is -2.13. The van der Waals surface area contributed by atoms with E-state index in [-0.39, 0.29) is 22.8 Å². The van der Waals surface area contributed by atoms with Crippen molar-refractivity contribution < 1.29 is 24.0 Å². The summed E-state index contributed by atoms with van der Waals surface area (Å²) in [5.41, 5.74) is -0.100. The Morgan fingerprint density at radius 3 is 2.56 bits per heavy atom. The van der Waals surface area contributed by atoms with Gasteiger partial charge in [-0.2, -0.15) is 0 Å². The molecule has 0 bridgehead atoms. The van der Waals surface area contributed by atoms with Crippen molar-refractivity contribution in [3.8, 4) is 0 Å². The number of anilines is 1. The molecular formula is C15H20N4O6. The van der Waals surface area contributed by atoms with Crippen LogP contribution in [-0.2, 0) is 14.3 Å². The third kappa shape index (κ3) is 5.75. The minimum Gasteiger partial charge on any atom is -0.452 e. The van der Waals surface area contributed by atoms with E-state index in [1.165, 1.54) is 26.1 Å². The first-order valence-corrected chi connectivity index (χ1v) is 7.50. The predicted molar refractivity (Wildman–Crippen MR) is 89.2 cm³/mol. The summed E-state index contributed by atoms with van der Waals surface area (Å²) in [6.07, 6.45) is 0. The SMILES string of the molecule is CCNC(=O)[C@H](C)NC(=O)COC(=O)c1ccc(NC)c([N+](=O)[O-])c1. The molecule has 1 atom stereocenters. The highest BCUT2D eigenvalue weighted by Gasteiger charge is 2.19. The first-order valence-electron chi connectivity index (χ1n) is 7.50. The molecule has 0 radical (unpaired) electrons. The number of nitro benzene ring substituents is 1. The summed E-state index contributed by atoms with van der Waals surface area (Å²) in [6.45, 7) is 3.05. The fraction of sp³-hybridized carbons (Fsp3) is 0.400. The standard InChI is InChI=1S/C15H20N4O6/c1-4-17-14(21)9(2)18-13(20)8-25-15(22)10-5-6-11(16-3)12(7-10)19(23)24/h5-7,9,16H,4,8H2,1-3H3,(H,17,21)(H,18,20)/t9-/m0/s1. The lowest BCUT2D eigenvalue weighted by atomic mass is 10.1. The summed E-state index contributed by atoms with van der Waals surface area (Å²) < 4.78 is 4.81. The normalized spacial score (nSPS) is 11.2. The zero-order chi connectivity index (χ0) is 19.0. The average Bonchev–Trinajstić information content (AvgIpc) is 2.59. The zero-order valence-corrected chi connectivity index (χ0v) is 14.1. The summed E-state index contributed by atoms with van der Waals surface area (Å²) in [4.78, 5) is 45.4. The van der Waals surface area contributed by atoms with Crippen LogP contribution in [0.1, 0.15) is 24.2 Å². The molecule has 0 saturated carbocycles. The molecule has 0 heterocycles. The van der Waals surface area contributed by atoms with Gasteiger partial charge in [0, 0.05) is 19.7 Å². The second kappa shape index (κ2) is 9.21. The molecule has 0 aliphatic heterocycles. The number of carbonyl (C=O) groups is 3. The smallest absolute Gasteiger partial charge is 0.338 e. The number of nitrogens with zero attached hydrogens (tertiary/aromatic N) is 1. The highest BCUT2D eigenvalue weighted by atomic mass is 16.6. The molecule has 10 nitrogen and oxygen atoms in total. The molecule has 2 amide bonds. The number of carbonyl (C=O) groups excluding carboxylic acids is 3. The topological polar surface area (TPSA) is 140 Å². The van der Waals surface area contributed by atoms with E-state index < -0.39 is 29.4 Å². The molecule has 0 saturated heterocycles. The van der Waals surface area contributed by atoms with Gasteiger partial charge in [-0.1, -0.05) is 0 Å². The molecule has 3 N–H and O–H groups in total. The van der Waals surface area contributed by atoms with Crippen molar-refractivity contribution in [2.75, 3.05) is 25.5 Å². The Kier molecular flexibility index (Phi) is 7.32. The van der Waals surface area contributed by atoms with Gasteiger partial charge in [0.25, 0.3) is 11.6 Å². The molecule has 0 fully saturated rings. The molecule has 1 aromatic carbocycles. The zero-order valence-electron chi connectivity index (χ0n) is 14.1. The quantitative estimate of drug-likeness (QED) is 0.350. The second-order valence-corrected chi connectivity index (χ2v) is 5.00. The number of benzene rings is 1. The van der Waals surface area contributed by atoms with Crippen molar-refractivity contribution >= 4 is 29.2 Å². The molecule has 25 heavy (non-hydrogen) atoms. The van der Waals surface area contributed by atoms with Crippen LogP contribution in [0.2, 0.25) is 0 Å². The third-order valence-corrected chi connectivity index (χ3v) is 3.16. The van der Waals surface area contributed by atoms with Gasteiger partial charge in [0.05, 0.1) is 10.5 Å². The highest BCUT2D eigenvalue weighted by Crippen LogP contribution is 2.25. The number of hydrogen-bond acceptors (Lipinski definition) is 7.